The monoisotopic (exact) mass is 277 g/mol. The maximum atomic E-state index is 6.40. The van der Waals surface area contributed by atoms with Gasteiger partial charge >= 0.3 is 0 Å². The highest BCUT2D eigenvalue weighted by molar-refractivity contribution is 5.06. The molecule has 2 fully saturated rings. The third-order valence-corrected chi connectivity index (χ3v) is 4.54. The van der Waals surface area contributed by atoms with Crippen molar-refractivity contribution in [2.45, 2.75) is 44.2 Å². The van der Waals surface area contributed by atoms with Crippen molar-refractivity contribution in [2.24, 2.45) is 11.7 Å². The van der Waals surface area contributed by atoms with E-state index >= 15 is 0 Å². The number of hydrogen-bond acceptors (Lipinski definition) is 5. The van der Waals surface area contributed by atoms with Gasteiger partial charge in [0.15, 0.2) is 0 Å². The van der Waals surface area contributed by atoms with Crippen molar-refractivity contribution in [3.8, 4) is 0 Å². The van der Waals surface area contributed by atoms with E-state index in [1.807, 2.05) is 19.3 Å². The molecule has 0 amide bonds. The van der Waals surface area contributed by atoms with Crippen LogP contribution in [0.3, 0.4) is 0 Å². The summed E-state index contributed by atoms with van der Waals surface area (Å²) in [5.74, 6) is 1.15. The van der Waals surface area contributed by atoms with Gasteiger partial charge in [0.2, 0.25) is 0 Å². The Kier molecular flexibility index (Phi) is 4.01. The molecule has 3 heterocycles. The van der Waals surface area contributed by atoms with E-state index in [9.17, 15) is 0 Å². The molecule has 0 bridgehead atoms. The lowest BCUT2D eigenvalue weighted by molar-refractivity contribution is -0.149. The van der Waals surface area contributed by atoms with Crippen LogP contribution in [0.25, 0.3) is 0 Å². The summed E-state index contributed by atoms with van der Waals surface area (Å²) in [5, 5.41) is 0. The molecule has 5 heteroatoms. The lowest BCUT2D eigenvalue weighted by Gasteiger charge is -2.44. The number of aryl methyl sites for hydroxylation is 1. The van der Waals surface area contributed by atoms with Crippen molar-refractivity contribution in [1.29, 1.82) is 0 Å². The Morgan fingerprint density at radius 3 is 2.65 bits per heavy atom. The number of rotatable bonds is 2. The quantitative estimate of drug-likeness (QED) is 0.892. The van der Waals surface area contributed by atoms with Gasteiger partial charge in [-0.25, -0.2) is 9.97 Å². The fraction of sp³-hybridized carbons (Fsp3) is 0.733. The molecule has 20 heavy (non-hydrogen) atoms. The molecule has 0 aromatic carbocycles. The zero-order chi connectivity index (χ0) is 14.0. The van der Waals surface area contributed by atoms with E-state index in [1.54, 1.807) is 0 Å². The maximum Gasteiger partial charge on any atom is 0.145 e. The third-order valence-electron chi connectivity index (χ3n) is 4.54. The Morgan fingerprint density at radius 1 is 1.25 bits per heavy atom. The molecule has 2 unspecified atom stereocenters. The number of nitrogens with two attached hydrogens (primary N) is 1. The minimum atomic E-state index is -0.0979. The van der Waals surface area contributed by atoms with Gasteiger partial charge in [-0.3, -0.25) is 0 Å². The van der Waals surface area contributed by atoms with Gasteiger partial charge in [0.1, 0.15) is 5.82 Å². The highest BCUT2D eigenvalue weighted by Gasteiger charge is 2.41. The van der Waals surface area contributed by atoms with Crippen LogP contribution in [-0.2, 0) is 9.47 Å². The lowest BCUT2D eigenvalue weighted by Crippen LogP contribution is -2.46. The second kappa shape index (κ2) is 5.76. The molecule has 0 saturated carbocycles. The summed E-state index contributed by atoms with van der Waals surface area (Å²) >= 11 is 0. The molecule has 3 rings (SSSR count). The van der Waals surface area contributed by atoms with E-state index in [1.165, 1.54) is 0 Å². The second-order valence-electron chi connectivity index (χ2n) is 6.04. The highest BCUT2D eigenvalue weighted by Crippen LogP contribution is 2.40. The van der Waals surface area contributed by atoms with Crippen LogP contribution >= 0.6 is 0 Å². The number of ether oxygens (including phenoxy) is 2. The van der Waals surface area contributed by atoms with Gasteiger partial charge in [0.25, 0.3) is 0 Å². The van der Waals surface area contributed by atoms with Crippen molar-refractivity contribution in [2.75, 3.05) is 19.8 Å². The van der Waals surface area contributed by atoms with Crippen LogP contribution in [0.1, 0.15) is 43.1 Å². The zero-order valence-electron chi connectivity index (χ0n) is 12.0. The molecule has 0 aliphatic carbocycles. The SMILES string of the molecule is Cc1cnc(C(N)C2CCOC3(CCOCC3)C2)nc1. The first-order valence-electron chi connectivity index (χ1n) is 7.44. The minimum Gasteiger partial charge on any atom is -0.381 e. The fourth-order valence-corrected chi connectivity index (χ4v) is 3.25. The molecule has 2 saturated heterocycles. The van der Waals surface area contributed by atoms with Crippen molar-refractivity contribution < 1.29 is 9.47 Å². The average molecular weight is 277 g/mol. The van der Waals surface area contributed by atoms with Crippen molar-refractivity contribution in [3.63, 3.8) is 0 Å². The Bertz CT molecular complexity index is 437. The molecular weight excluding hydrogens is 254 g/mol. The highest BCUT2D eigenvalue weighted by atomic mass is 16.5. The first-order chi connectivity index (χ1) is 9.69. The van der Waals surface area contributed by atoms with Crippen LogP contribution in [0, 0.1) is 12.8 Å². The van der Waals surface area contributed by atoms with Gasteiger partial charge in [-0.2, -0.15) is 0 Å². The van der Waals surface area contributed by atoms with E-state index in [4.69, 9.17) is 15.2 Å². The smallest absolute Gasteiger partial charge is 0.145 e. The second-order valence-corrected chi connectivity index (χ2v) is 6.04. The number of nitrogens with zero attached hydrogens (tertiary/aromatic N) is 2. The fourth-order valence-electron chi connectivity index (χ4n) is 3.25. The van der Waals surface area contributed by atoms with E-state index in [0.717, 1.165) is 56.9 Å². The van der Waals surface area contributed by atoms with E-state index in [2.05, 4.69) is 9.97 Å². The van der Waals surface area contributed by atoms with Crippen LogP contribution in [0.2, 0.25) is 0 Å². The summed E-state index contributed by atoms with van der Waals surface area (Å²) in [6.45, 7) is 4.36. The normalized spacial score (nSPS) is 27.4. The molecule has 0 radical (unpaired) electrons. The van der Waals surface area contributed by atoms with Gasteiger partial charge in [0, 0.05) is 32.2 Å². The minimum absolute atomic E-state index is 0.0243. The van der Waals surface area contributed by atoms with E-state index < -0.39 is 0 Å². The number of hydrogen-bond donors (Lipinski definition) is 1. The summed E-state index contributed by atoms with van der Waals surface area (Å²) in [6, 6.07) is -0.0979. The van der Waals surface area contributed by atoms with Crippen molar-refractivity contribution in [3.05, 3.63) is 23.8 Å². The van der Waals surface area contributed by atoms with Gasteiger partial charge < -0.3 is 15.2 Å². The molecular formula is C15H23N3O2. The summed E-state index contributed by atoms with van der Waals surface area (Å²) < 4.78 is 11.5. The Labute approximate surface area is 119 Å². The van der Waals surface area contributed by atoms with Gasteiger partial charge in [-0.15, -0.1) is 0 Å². The summed E-state index contributed by atoms with van der Waals surface area (Å²) in [4.78, 5) is 8.77. The van der Waals surface area contributed by atoms with Crippen LogP contribution in [0.5, 0.6) is 0 Å². The lowest BCUT2D eigenvalue weighted by atomic mass is 9.78. The Balaban J connectivity index is 1.71. The summed E-state index contributed by atoms with van der Waals surface area (Å²) in [5.41, 5.74) is 7.44. The molecule has 1 aromatic rings. The Morgan fingerprint density at radius 2 is 1.95 bits per heavy atom. The molecule has 5 nitrogen and oxygen atoms in total. The molecule has 2 aliphatic rings. The molecule has 110 valence electrons. The zero-order valence-corrected chi connectivity index (χ0v) is 12.0. The van der Waals surface area contributed by atoms with Gasteiger partial charge in [0.05, 0.1) is 11.6 Å². The average Bonchev–Trinajstić information content (AvgIpc) is 2.48. The van der Waals surface area contributed by atoms with Gasteiger partial charge in [-0.1, -0.05) is 0 Å². The first kappa shape index (κ1) is 13.9. The van der Waals surface area contributed by atoms with Crippen LogP contribution in [-0.4, -0.2) is 35.4 Å². The number of aromatic nitrogens is 2. The predicted octanol–water partition coefficient (Wildman–Crippen LogP) is 1.76. The van der Waals surface area contributed by atoms with Gasteiger partial charge in [-0.05, 0) is 44.1 Å². The van der Waals surface area contributed by atoms with Crippen molar-refractivity contribution >= 4 is 0 Å². The standard InChI is InChI=1S/C15H23N3O2/c1-11-9-17-14(18-10-11)13(16)12-2-5-20-15(8-12)3-6-19-7-4-15/h9-10,12-13H,2-8,16H2,1H3. The summed E-state index contributed by atoms with van der Waals surface area (Å²) in [7, 11) is 0. The third kappa shape index (κ3) is 2.85. The Hall–Kier alpha value is -1.04. The summed E-state index contributed by atoms with van der Waals surface area (Å²) in [6.07, 6.45) is 7.61. The van der Waals surface area contributed by atoms with Crippen LogP contribution in [0.15, 0.2) is 12.4 Å². The molecule has 2 atom stereocenters. The van der Waals surface area contributed by atoms with Crippen molar-refractivity contribution in [1.82, 2.24) is 9.97 Å². The molecule has 1 aromatic heterocycles. The van der Waals surface area contributed by atoms with E-state index in [-0.39, 0.29) is 11.6 Å². The predicted molar refractivity (Wildman–Crippen MR) is 75.2 cm³/mol. The first-order valence-corrected chi connectivity index (χ1v) is 7.44. The molecule has 2 N–H and O–H groups in total. The van der Waals surface area contributed by atoms with Crippen LogP contribution in [0.4, 0.5) is 0 Å². The topological polar surface area (TPSA) is 70.3 Å². The molecule has 2 aliphatic heterocycles. The largest absolute Gasteiger partial charge is 0.381 e. The van der Waals surface area contributed by atoms with Crippen LogP contribution < -0.4 is 5.73 Å². The van der Waals surface area contributed by atoms with E-state index in [0.29, 0.717) is 5.92 Å². The maximum absolute atomic E-state index is 6.40. The molecule has 1 spiro atoms.